The first kappa shape index (κ1) is 11.9. The molecule has 1 aromatic rings. The smallest absolute Gasteiger partial charge is 0.112 e. The summed E-state index contributed by atoms with van der Waals surface area (Å²) < 4.78 is 0. The number of hydrogen-bond acceptors (Lipinski definition) is 4. The highest BCUT2D eigenvalue weighted by Gasteiger charge is 2.03. The van der Waals surface area contributed by atoms with Gasteiger partial charge in [0.15, 0.2) is 0 Å². The van der Waals surface area contributed by atoms with Crippen LogP contribution >= 0.6 is 0 Å². The van der Waals surface area contributed by atoms with Crippen LogP contribution in [0.2, 0.25) is 0 Å². The van der Waals surface area contributed by atoms with Crippen molar-refractivity contribution in [1.29, 1.82) is 0 Å². The zero-order chi connectivity index (χ0) is 12.0. The molecule has 0 radical (unpaired) electrons. The number of nitrogens with zero attached hydrogens (tertiary/aromatic N) is 4. The van der Waals surface area contributed by atoms with E-state index < -0.39 is 0 Å². The number of oxime groups is 1. The Morgan fingerprint density at radius 2 is 2.12 bits per heavy atom. The Hall–Kier alpha value is -2.17. The highest BCUT2D eigenvalue weighted by Crippen LogP contribution is 2.18. The minimum atomic E-state index is 0.516. The van der Waals surface area contributed by atoms with Crippen LogP contribution < -0.4 is 0 Å². The Morgan fingerprint density at radius 3 is 2.75 bits per heavy atom. The summed E-state index contributed by atoms with van der Waals surface area (Å²) in [7, 11) is 1.73. The summed E-state index contributed by atoms with van der Waals surface area (Å²) in [6.07, 6.45) is 1.54. The minimum absolute atomic E-state index is 0.516. The molecule has 5 nitrogen and oxygen atoms in total. The van der Waals surface area contributed by atoms with Gasteiger partial charge in [0.05, 0.1) is 11.4 Å². The van der Waals surface area contributed by atoms with Gasteiger partial charge in [-0.15, -0.1) is 0 Å². The molecule has 0 spiro atoms. The molecule has 1 rings (SSSR count). The molecule has 16 heavy (non-hydrogen) atoms. The van der Waals surface area contributed by atoms with Gasteiger partial charge in [0.2, 0.25) is 0 Å². The molecular weight excluding hydrogens is 204 g/mol. The van der Waals surface area contributed by atoms with Crippen LogP contribution in [0.5, 0.6) is 0 Å². The van der Waals surface area contributed by atoms with Gasteiger partial charge >= 0.3 is 0 Å². The zero-order valence-corrected chi connectivity index (χ0v) is 9.33. The van der Waals surface area contributed by atoms with Crippen LogP contribution in [-0.2, 0) is 0 Å². The summed E-state index contributed by atoms with van der Waals surface area (Å²) in [6.45, 7) is 5.08. The molecular formula is C11H14N4O. The standard InChI is InChI=1S/C11H14N4O/c1-9(14-16)10-6-4-5-7-11(10)13-8-15(3)12-2/h4-8,16H,2H2,1,3H3/b13-8?,14-9-. The van der Waals surface area contributed by atoms with E-state index in [4.69, 9.17) is 5.21 Å². The van der Waals surface area contributed by atoms with Crippen molar-refractivity contribution in [3.05, 3.63) is 29.8 Å². The molecule has 0 atom stereocenters. The van der Waals surface area contributed by atoms with Gasteiger partial charge in [-0.25, -0.2) is 4.99 Å². The van der Waals surface area contributed by atoms with E-state index in [0.717, 1.165) is 5.56 Å². The molecule has 0 saturated carbocycles. The van der Waals surface area contributed by atoms with Crippen molar-refractivity contribution in [3.8, 4) is 0 Å². The van der Waals surface area contributed by atoms with Crippen molar-refractivity contribution >= 4 is 24.5 Å². The Balaban J connectivity index is 3.04. The number of benzene rings is 1. The molecule has 0 unspecified atom stereocenters. The third kappa shape index (κ3) is 2.91. The summed E-state index contributed by atoms with van der Waals surface area (Å²) in [5, 5.41) is 17.0. The lowest BCUT2D eigenvalue weighted by Crippen LogP contribution is -2.06. The molecule has 1 aromatic carbocycles. The summed E-state index contributed by atoms with van der Waals surface area (Å²) in [5.74, 6) is 0. The second kappa shape index (κ2) is 5.65. The predicted molar refractivity (Wildman–Crippen MR) is 65.9 cm³/mol. The second-order valence-electron chi connectivity index (χ2n) is 3.16. The summed E-state index contributed by atoms with van der Waals surface area (Å²) >= 11 is 0. The van der Waals surface area contributed by atoms with Crippen molar-refractivity contribution in [2.75, 3.05) is 7.05 Å². The lowest BCUT2D eigenvalue weighted by Gasteiger charge is -2.05. The first-order valence-corrected chi connectivity index (χ1v) is 4.70. The van der Waals surface area contributed by atoms with Gasteiger partial charge < -0.3 is 5.21 Å². The fourth-order valence-electron chi connectivity index (χ4n) is 1.13. The Kier molecular flexibility index (Phi) is 4.20. The monoisotopic (exact) mass is 218 g/mol. The molecule has 0 aliphatic carbocycles. The van der Waals surface area contributed by atoms with Gasteiger partial charge in [-0.1, -0.05) is 23.4 Å². The average Bonchev–Trinajstić information content (AvgIpc) is 2.35. The Bertz CT molecular complexity index is 426. The highest BCUT2D eigenvalue weighted by atomic mass is 16.4. The molecule has 0 heterocycles. The normalized spacial score (nSPS) is 11.8. The molecule has 1 N–H and O–H groups in total. The third-order valence-electron chi connectivity index (χ3n) is 2.03. The van der Waals surface area contributed by atoms with E-state index in [9.17, 15) is 0 Å². The fraction of sp³-hybridized carbons (Fsp3) is 0.182. The molecule has 0 fully saturated rings. The van der Waals surface area contributed by atoms with Gasteiger partial charge in [0.25, 0.3) is 0 Å². The van der Waals surface area contributed by atoms with Crippen molar-refractivity contribution in [2.45, 2.75) is 6.92 Å². The van der Waals surface area contributed by atoms with Crippen LogP contribution in [0.15, 0.2) is 39.5 Å². The van der Waals surface area contributed by atoms with E-state index in [1.54, 1.807) is 14.0 Å². The van der Waals surface area contributed by atoms with Gasteiger partial charge in [0, 0.05) is 19.3 Å². The molecule has 0 bridgehead atoms. The number of hydrazone groups is 1. The first-order chi connectivity index (χ1) is 7.69. The molecule has 5 heteroatoms. The van der Waals surface area contributed by atoms with E-state index >= 15 is 0 Å². The van der Waals surface area contributed by atoms with Crippen molar-refractivity contribution in [1.82, 2.24) is 5.01 Å². The van der Waals surface area contributed by atoms with Gasteiger partial charge in [-0.2, -0.15) is 5.10 Å². The topological polar surface area (TPSA) is 60.5 Å². The molecule has 0 aliphatic rings. The summed E-state index contributed by atoms with van der Waals surface area (Å²) in [5.41, 5.74) is 2.01. The fourth-order valence-corrected chi connectivity index (χ4v) is 1.13. The number of aliphatic imine (C=N–C) groups is 1. The summed E-state index contributed by atoms with van der Waals surface area (Å²) in [4.78, 5) is 4.22. The van der Waals surface area contributed by atoms with Gasteiger partial charge in [-0.05, 0) is 13.0 Å². The van der Waals surface area contributed by atoms with Gasteiger partial charge in [-0.3, -0.25) is 5.01 Å². The minimum Gasteiger partial charge on any atom is -0.411 e. The lowest BCUT2D eigenvalue weighted by atomic mass is 10.1. The van der Waals surface area contributed by atoms with Crippen LogP contribution in [0, 0.1) is 0 Å². The van der Waals surface area contributed by atoms with E-state index in [2.05, 4.69) is 22.0 Å². The average molecular weight is 218 g/mol. The van der Waals surface area contributed by atoms with Crippen LogP contribution in [0.3, 0.4) is 0 Å². The first-order valence-electron chi connectivity index (χ1n) is 4.70. The molecule has 0 amide bonds. The van der Waals surface area contributed by atoms with Crippen LogP contribution in [0.1, 0.15) is 12.5 Å². The number of rotatable bonds is 4. The zero-order valence-electron chi connectivity index (χ0n) is 9.33. The predicted octanol–water partition coefficient (Wildman–Crippen LogP) is 2.09. The molecule has 0 aliphatic heterocycles. The van der Waals surface area contributed by atoms with Crippen LogP contribution in [0.25, 0.3) is 0 Å². The maximum absolute atomic E-state index is 8.73. The van der Waals surface area contributed by atoms with Crippen molar-refractivity contribution in [3.63, 3.8) is 0 Å². The van der Waals surface area contributed by atoms with E-state index in [0.29, 0.717) is 11.4 Å². The number of para-hydroxylation sites is 1. The maximum atomic E-state index is 8.73. The lowest BCUT2D eigenvalue weighted by molar-refractivity contribution is 0.319. The Labute approximate surface area is 94.4 Å². The van der Waals surface area contributed by atoms with Crippen molar-refractivity contribution < 1.29 is 5.21 Å². The van der Waals surface area contributed by atoms with Crippen molar-refractivity contribution in [2.24, 2.45) is 15.2 Å². The third-order valence-corrected chi connectivity index (χ3v) is 2.03. The SMILES string of the molecule is C=NN(C)C=Nc1ccccc1/C(C)=N\O. The van der Waals surface area contributed by atoms with E-state index in [1.807, 2.05) is 24.3 Å². The highest BCUT2D eigenvalue weighted by molar-refractivity contribution is 6.02. The number of hydrogen-bond donors (Lipinski definition) is 1. The second-order valence-corrected chi connectivity index (χ2v) is 3.16. The van der Waals surface area contributed by atoms with Crippen LogP contribution in [0.4, 0.5) is 5.69 Å². The Morgan fingerprint density at radius 1 is 1.44 bits per heavy atom. The largest absolute Gasteiger partial charge is 0.411 e. The maximum Gasteiger partial charge on any atom is 0.112 e. The van der Waals surface area contributed by atoms with E-state index in [-0.39, 0.29) is 0 Å². The van der Waals surface area contributed by atoms with Gasteiger partial charge in [0.1, 0.15) is 6.34 Å². The molecule has 0 aromatic heterocycles. The van der Waals surface area contributed by atoms with Crippen LogP contribution in [-0.4, -0.2) is 36.0 Å². The molecule has 84 valence electrons. The molecule has 0 saturated heterocycles. The van der Waals surface area contributed by atoms with E-state index in [1.165, 1.54) is 11.3 Å². The quantitative estimate of drug-likeness (QED) is 0.364. The summed E-state index contributed by atoms with van der Waals surface area (Å²) in [6, 6.07) is 7.39.